The van der Waals surface area contributed by atoms with Gasteiger partial charge in [0.2, 0.25) is 0 Å². The summed E-state index contributed by atoms with van der Waals surface area (Å²) in [7, 11) is 1.95. The first-order valence-electron chi connectivity index (χ1n) is 5.11. The summed E-state index contributed by atoms with van der Waals surface area (Å²) in [6.07, 6.45) is 3.21. The van der Waals surface area contributed by atoms with Crippen molar-refractivity contribution in [3.05, 3.63) is 54.5 Å². The molecule has 0 aliphatic carbocycles. The topological polar surface area (TPSA) is 16.8 Å². The predicted molar refractivity (Wildman–Crippen MR) is 68.9 cm³/mol. The van der Waals surface area contributed by atoms with Crippen LogP contribution in [0, 0.1) is 19.6 Å². The van der Waals surface area contributed by atoms with Crippen molar-refractivity contribution in [2.75, 3.05) is 0 Å². The molecule has 18 heavy (non-hydrogen) atoms. The van der Waals surface area contributed by atoms with Crippen LogP contribution in [-0.2, 0) is 39.8 Å². The van der Waals surface area contributed by atoms with Crippen molar-refractivity contribution < 1.29 is 37.3 Å². The Hall–Kier alpha value is -0.791. The van der Waals surface area contributed by atoms with Crippen molar-refractivity contribution >= 4 is 14.5 Å². The third-order valence-corrected chi connectivity index (χ3v) is 2.53. The zero-order valence-corrected chi connectivity index (χ0v) is 13.4. The van der Waals surface area contributed by atoms with Crippen LogP contribution >= 0.6 is 0 Å². The van der Waals surface area contributed by atoms with Gasteiger partial charge in [-0.1, -0.05) is 41.9 Å². The molecule has 0 saturated heterocycles. The Bertz CT molecular complexity index is 541. The molecule has 0 fully saturated rings. The van der Waals surface area contributed by atoms with E-state index in [4.69, 9.17) is 6.58 Å². The standard InChI is InChI=1S/C14H13N2.B.Y/c1-4-12-9-14(16(3)10-15-12)13-8-6-5-7-11(13)2;;/h1,4-8,10H,2-3H3;;/q-1;;. The second kappa shape index (κ2) is 7.60. The first kappa shape index (κ1) is 17.2. The van der Waals surface area contributed by atoms with Gasteiger partial charge in [0.05, 0.1) is 7.05 Å². The van der Waals surface area contributed by atoms with Crippen LogP contribution in [0.4, 0.5) is 0 Å². The third-order valence-electron chi connectivity index (χ3n) is 2.53. The molecule has 1 aromatic heterocycles. The Kier molecular flexibility index (Phi) is 7.27. The zero-order valence-electron chi connectivity index (χ0n) is 10.6. The molecule has 0 bridgehead atoms. The summed E-state index contributed by atoms with van der Waals surface area (Å²) in [6.45, 7) is 7.54. The van der Waals surface area contributed by atoms with Gasteiger partial charge in [0.1, 0.15) is 0 Å². The summed E-state index contributed by atoms with van der Waals surface area (Å²) in [6, 6.07) is 11.4. The molecule has 2 nitrogen and oxygen atoms in total. The normalized spacial score (nSPS) is 9.00. The minimum Gasteiger partial charge on any atom is -0.357 e. The first-order valence-corrected chi connectivity index (χ1v) is 5.11. The molecular weight excluding hydrogens is 296 g/mol. The van der Waals surface area contributed by atoms with E-state index >= 15 is 0 Å². The molecule has 4 heteroatoms. The monoisotopic (exact) mass is 309 g/mol. The van der Waals surface area contributed by atoms with Gasteiger partial charge in [0, 0.05) is 46.8 Å². The van der Waals surface area contributed by atoms with Gasteiger partial charge in [-0.2, -0.15) is 11.1 Å². The molecule has 0 unspecified atom stereocenters. The number of hydrogen-bond donors (Lipinski definition) is 0. The number of benzene rings is 1. The summed E-state index contributed by atoms with van der Waals surface area (Å²) < 4.78 is 1.94. The molecule has 2 aromatic rings. The molecule has 0 saturated carbocycles. The van der Waals surface area contributed by atoms with Crippen LogP contribution in [0.3, 0.4) is 0 Å². The van der Waals surface area contributed by atoms with Gasteiger partial charge in [-0.3, -0.25) is 10.6 Å². The van der Waals surface area contributed by atoms with Crippen LogP contribution in [0.2, 0.25) is 0 Å². The Morgan fingerprint density at radius 3 is 2.61 bits per heavy atom. The zero-order chi connectivity index (χ0) is 11.5. The fourth-order valence-corrected chi connectivity index (χ4v) is 1.63. The van der Waals surface area contributed by atoms with Crippen LogP contribution in [-0.4, -0.2) is 13.4 Å². The van der Waals surface area contributed by atoms with Gasteiger partial charge in [-0.05, 0) is 0 Å². The van der Waals surface area contributed by atoms with Crippen LogP contribution in [0.25, 0.3) is 17.3 Å². The number of aromatic nitrogens is 2. The largest absolute Gasteiger partial charge is 0.357 e. The van der Waals surface area contributed by atoms with Crippen LogP contribution in [0.15, 0.2) is 30.6 Å². The molecule has 2 rings (SSSR count). The number of rotatable bonds is 2. The molecule has 1 aromatic carbocycles. The maximum Gasteiger partial charge on any atom is 0.263 e. The van der Waals surface area contributed by atoms with E-state index in [2.05, 4.69) is 30.1 Å². The Morgan fingerprint density at radius 2 is 2.00 bits per heavy atom. The molecule has 0 aliphatic rings. The molecule has 4 radical (unpaired) electrons. The Morgan fingerprint density at radius 1 is 1.33 bits per heavy atom. The minimum atomic E-state index is 0. The van der Waals surface area contributed by atoms with Crippen molar-refractivity contribution in [3.63, 3.8) is 0 Å². The summed E-state index contributed by atoms with van der Waals surface area (Å²) in [4.78, 5) is 4.14. The quantitative estimate of drug-likeness (QED) is 0.469. The Balaban J connectivity index is 0.00000144. The van der Waals surface area contributed by atoms with Crippen molar-refractivity contribution in [3.8, 4) is 11.3 Å². The van der Waals surface area contributed by atoms with Gasteiger partial charge in [-0.15, -0.1) is 6.07 Å². The van der Waals surface area contributed by atoms with Crippen molar-refractivity contribution in [1.29, 1.82) is 0 Å². The molecule has 1 heterocycles. The number of aryl methyl sites for hydroxylation is 2. The van der Waals surface area contributed by atoms with Crippen molar-refractivity contribution in [2.45, 2.75) is 6.92 Å². The van der Waals surface area contributed by atoms with Gasteiger partial charge in [-0.25, -0.2) is 0 Å². The molecule has 0 atom stereocenters. The predicted octanol–water partition coefficient (Wildman–Crippen LogP) is 1.74. The smallest absolute Gasteiger partial charge is 0.263 e. The van der Waals surface area contributed by atoms with Crippen LogP contribution in [0.5, 0.6) is 0 Å². The molecule has 0 spiro atoms. The molecular formula is C14H13BN2Y-. The van der Waals surface area contributed by atoms with E-state index in [1.807, 2.05) is 23.7 Å². The van der Waals surface area contributed by atoms with E-state index in [1.54, 1.807) is 6.33 Å². The molecule has 0 N–H and O–H groups in total. The molecule has 0 amide bonds. The van der Waals surface area contributed by atoms with E-state index in [1.165, 1.54) is 11.6 Å². The average molecular weight is 309 g/mol. The third kappa shape index (κ3) is 3.60. The second-order valence-electron chi connectivity index (χ2n) is 3.70. The maximum absolute atomic E-state index is 5.46. The van der Waals surface area contributed by atoms with Gasteiger partial charge < -0.3 is 6.58 Å². The average Bonchev–Trinajstić information content (AvgIpc) is 2.31. The van der Waals surface area contributed by atoms with Crippen molar-refractivity contribution in [1.82, 2.24) is 4.98 Å². The second-order valence-corrected chi connectivity index (χ2v) is 3.70. The Labute approximate surface area is 136 Å². The summed E-state index contributed by atoms with van der Waals surface area (Å²) in [5.41, 5.74) is 4.01. The van der Waals surface area contributed by atoms with E-state index in [9.17, 15) is 0 Å². The fraction of sp³-hybridized carbons (Fsp3) is 0.143. The minimum absolute atomic E-state index is 0. The number of nitrogens with zero attached hydrogens (tertiary/aromatic N) is 2. The van der Waals surface area contributed by atoms with Crippen molar-refractivity contribution in [2.24, 2.45) is 7.05 Å². The van der Waals surface area contributed by atoms with Gasteiger partial charge >= 0.3 is 0 Å². The SMILES string of the molecule is [B].[CH-]=Cc1[c-]c(-c2ccccc2C)[n+](C)cn1.[Y]. The number of hydrogen-bond acceptors (Lipinski definition) is 1. The summed E-state index contributed by atoms with van der Waals surface area (Å²) >= 11 is 0. The summed E-state index contributed by atoms with van der Waals surface area (Å²) in [5.74, 6) is 0. The van der Waals surface area contributed by atoms with E-state index < -0.39 is 0 Å². The maximum atomic E-state index is 5.46. The van der Waals surface area contributed by atoms with E-state index in [-0.39, 0.29) is 41.1 Å². The van der Waals surface area contributed by atoms with E-state index in [0.29, 0.717) is 5.69 Å². The molecule has 86 valence electrons. The van der Waals surface area contributed by atoms with Gasteiger partial charge in [0.15, 0.2) is 0 Å². The van der Waals surface area contributed by atoms with Crippen LogP contribution in [0.1, 0.15) is 11.3 Å². The van der Waals surface area contributed by atoms with Crippen LogP contribution < -0.4 is 4.57 Å². The van der Waals surface area contributed by atoms with Gasteiger partial charge in [0.25, 0.3) is 6.33 Å². The molecule has 0 aliphatic heterocycles. The fourth-order valence-electron chi connectivity index (χ4n) is 1.63. The first-order chi connectivity index (χ1) is 7.72. The van der Waals surface area contributed by atoms with E-state index in [0.717, 1.165) is 11.3 Å². The summed E-state index contributed by atoms with van der Waals surface area (Å²) in [5, 5.41) is 0.